The van der Waals surface area contributed by atoms with Crippen LogP contribution < -0.4 is 58.6 Å². The van der Waals surface area contributed by atoms with Crippen LogP contribution in [0.1, 0.15) is 137 Å². The highest BCUT2D eigenvalue weighted by atomic mass is 16.4. The summed E-state index contributed by atoms with van der Waals surface area (Å²) in [7, 11) is 0. The largest absolute Gasteiger partial charge is 0.508 e. The summed E-state index contributed by atoms with van der Waals surface area (Å²) < 4.78 is 6.03. The first-order valence-corrected chi connectivity index (χ1v) is 40.1. The van der Waals surface area contributed by atoms with Gasteiger partial charge in [0.05, 0.1) is 44.5 Å². The van der Waals surface area contributed by atoms with Gasteiger partial charge in [-0.1, -0.05) is 30.3 Å². The Labute approximate surface area is 691 Å². The summed E-state index contributed by atoms with van der Waals surface area (Å²) in [5.74, 6) is -9.42. The highest BCUT2D eigenvalue weighted by Gasteiger charge is 2.29. The van der Waals surface area contributed by atoms with Crippen molar-refractivity contribution in [1.29, 1.82) is 0 Å². The van der Waals surface area contributed by atoms with Gasteiger partial charge in [0.15, 0.2) is 5.43 Å². The van der Waals surface area contributed by atoms with Crippen LogP contribution >= 0.6 is 0 Å². The number of aromatic hydroxyl groups is 5. The zero-order valence-electron chi connectivity index (χ0n) is 66.6. The van der Waals surface area contributed by atoms with Crippen LogP contribution in [0.2, 0.25) is 0 Å². The van der Waals surface area contributed by atoms with E-state index < -0.39 is 82.3 Å². The quantitative estimate of drug-likeness (QED) is 0.0459. The highest BCUT2D eigenvalue weighted by molar-refractivity contribution is 6.08. The second kappa shape index (κ2) is 42.4. The van der Waals surface area contributed by atoms with E-state index in [1.54, 1.807) is 24.3 Å². The summed E-state index contributed by atoms with van der Waals surface area (Å²) in [5, 5.41) is 95.9. The zero-order chi connectivity index (χ0) is 85.4. The van der Waals surface area contributed by atoms with Crippen LogP contribution in [0.25, 0.3) is 33.4 Å². The molecule has 634 valence electrons. The van der Waals surface area contributed by atoms with Gasteiger partial charge in [0.2, 0.25) is 5.91 Å². The molecule has 34 heteroatoms. The summed E-state index contributed by atoms with van der Waals surface area (Å²) in [4.78, 5) is 174. The Hall–Kier alpha value is -13.0. The lowest BCUT2D eigenvalue weighted by Crippen LogP contribution is -2.49. The fraction of sp³-hybridized carbons (Fsp3) is 0.372. The van der Waals surface area contributed by atoms with Gasteiger partial charge in [0, 0.05) is 204 Å². The van der Waals surface area contributed by atoms with Crippen molar-refractivity contribution in [1.82, 2.24) is 77.7 Å². The number of phenolic OH excluding ortho intramolecular Hbond substituents is 5. The van der Waals surface area contributed by atoms with Gasteiger partial charge in [-0.15, -0.1) is 0 Å². The van der Waals surface area contributed by atoms with E-state index in [-0.39, 0.29) is 244 Å². The molecule has 6 aromatic carbocycles. The number of phenols is 5. The number of amides is 10. The highest BCUT2D eigenvalue weighted by Crippen LogP contribution is 2.42. The summed E-state index contributed by atoms with van der Waals surface area (Å²) in [5.41, 5.74) is 1.79. The number of nitrogens with one attached hydrogen (secondary N) is 10. The number of aliphatic carboxylic acids is 1. The van der Waals surface area contributed by atoms with Crippen LogP contribution in [-0.4, -0.2) is 283 Å². The molecule has 3 atom stereocenters. The Morgan fingerprint density at radius 3 is 1.29 bits per heavy atom. The first-order chi connectivity index (χ1) is 57.9. The van der Waals surface area contributed by atoms with Crippen LogP contribution in [0.5, 0.6) is 28.7 Å². The lowest BCUT2D eigenvalue weighted by molar-refractivity contribution is -0.137. The van der Waals surface area contributed by atoms with Crippen LogP contribution in [0.4, 0.5) is 0 Å². The topological polar surface area (TPSA) is 476 Å². The molecule has 120 heavy (non-hydrogen) atoms. The number of fused-ring (bicyclic) bond motifs is 18. The minimum absolute atomic E-state index is 0.000827. The van der Waals surface area contributed by atoms with Gasteiger partial charge in [0.25, 0.3) is 53.2 Å². The third-order valence-corrected chi connectivity index (χ3v) is 21.3. The van der Waals surface area contributed by atoms with Crippen molar-refractivity contribution >= 4 is 76.0 Å². The second-order valence-corrected chi connectivity index (χ2v) is 29.6. The number of nitrogens with zero attached hydrogens (tertiary/aromatic N) is 5. The molecular formula is C86H101N15O19. The van der Waals surface area contributed by atoms with Crippen LogP contribution in [0.3, 0.4) is 0 Å². The number of benzene rings is 7. The number of aryl methyl sites for hydroxylation is 1. The third-order valence-electron chi connectivity index (χ3n) is 21.3. The normalized spacial score (nSPS) is 18.8. The number of hydrogen-bond acceptors (Lipinski definition) is 23. The zero-order valence-corrected chi connectivity index (χ0v) is 66.6. The van der Waals surface area contributed by atoms with Crippen LogP contribution in [-0.2, 0) is 9.59 Å². The summed E-state index contributed by atoms with van der Waals surface area (Å²) in [6, 6.07) is 30.4. The van der Waals surface area contributed by atoms with E-state index in [0.29, 0.717) is 47.2 Å². The molecule has 10 amide bonds. The van der Waals surface area contributed by atoms with Gasteiger partial charge in [-0.2, -0.15) is 0 Å². The van der Waals surface area contributed by atoms with E-state index >= 15 is 0 Å². The van der Waals surface area contributed by atoms with E-state index in [4.69, 9.17) is 4.42 Å². The number of carbonyl (C=O) groups is 11. The average molecular weight is 1650 g/mol. The molecule has 5 heterocycles. The molecule has 34 nitrogen and oxygen atoms in total. The minimum Gasteiger partial charge on any atom is -0.508 e. The predicted molar refractivity (Wildman–Crippen MR) is 444 cm³/mol. The van der Waals surface area contributed by atoms with E-state index in [1.165, 1.54) is 97.1 Å². The number of carboxylic acids is 1. The molecule has 16 N–H and O–H groups in total. The van der Waals surface area contributed by atoms with E-state index in [0.717, 1.165) is 16.7 Å². The summed E-state index contributed by atoms with van der Waals surface area (Å²) in [6.07, 6.45) is 1.10. The number of para-hydroxylation sites is 4. The van der Waals surface area contributed by atoms with Gasteiger partial charge in [-0.05, 0) is 135 Å². The summed E-state index contributed by atoms with van der Waals surface area (Å²) >= 11 is 0. The molecule has 1 aliphatic carbocycles. The van der Waals surface area contributed by atoms with Gasteiger partial charge < -0.3 is 93.1 Å². The smallest absolute Gasteiger partial charge is 0.303 e. The first kappa shape index (κ1) is 87.8. The molecule has 0 fully saturated rings. The molecular weight excluding hydrogens is 1550 g/mol. The second-order valence-electron chi connectivity index (χ2n) is 29.6. The molecule has 3 unspecified atom stereocenters. The Balaban J connectivity index is 0.833. The maximum absolute atomic E-state index is 14.8. The number of rotatable bonds is 17. The van der Waals surface area contributed by atoms with Crippen molar-refractivity contribution in [3.63, 3.8) is 0 Å². The molecule has 12 rings (SSSR count). The van der Waals surface area contributed by atoms with Gasteiger partial charge >= 0.3 is 5.97 Å². The van der Waals surface area contributed by atoms with E-state index in [1.807, 2.05) is 37.5 Å². The number of unbranched alkanes of at least 4 members (excludes halogenated alkanes) is 1. The standard InChI is InChI=1S/C86H101N15O19/c1-53-49-54(19-22-58(53)73-59-23-20-56(102)50-69(59)120-70-51-57(103)21-24-60(70)73)78(111)88-27-37-97(35-8-18-72(105)106)36-25-71(104)87-26-3-2-9-55-52-101-44-34-95-84(117)66-15-6-14-65(76(66)109)81(114)91-30-40-99(41-31-94-85(118)67-16-7-17-68(77(67)110)86(119)96-55)46-45-98-38-28-89-79(112)61-10-4-12-63(74(61)107)82(115)92-32-42-100(47-48-101)43-33-93-83(116)64-13-5-11-62(75(64)108)80(113)90-29-39-98/h4-7,10-17,19-24,49-51,55,102,107-110H,2-3,8-9,18,25-48,52H2,1H3,(H,87,104)(H,88,111)(H,89,112)(H,90,113)(H,91,114)(H,92,115)(H,93,116)(H,94,118)(H,95,117)(H,96,119)(H,105,106). The molecule has 0 spiro atoms. The fourth-order valence-electron chi connectivity index (χ4n) is 14.8. The minimum atomic E-state index is -0.997. The molecule has 12 bridgehead atoms. The molecule has 5 aliphatic heterocycles. The van der Waals surface area contributed by atoms with Crippen molar-refractivity contribution in [2.45, 2.75) is 51.5 Å². The molecule has 6 aliphatic rings. The van der Waals surface area contributed by atoms with Crippen molar-refractivity contribution < 1.29 is 87.8 Å². The lowest BCUT2D eigenvalue weighted by Gasteiger charge is -2.31. The molecule has 0 saturated carbocycles. The number of hydrogen-bond donors (Lipinski definition) is 16. The van der Waals surface area contributed by atoms with Crippen molar-refractivity contribution in [3.05, 3.63) is 193 Å². The van der Waals surface area contributed by atoms with E-state index in [9.17, 15) is 88.2 Å². The van der Waals surface area contributed by atoms with Gasteiger partial charge in [-0.25, -0.2) is 0 Å². The average Bonchev–Trinajstić information content (AvgIpc) is 0.748. The third kappa shape index (κ3) is 23.7. The monoisotopic (exact) mass is 1650 g/mol. The van der Waals surface area contributed by atoms with Crippen molar-refractivity contribution in [2.75, 3.05) is 157 Å². The Kier molecular flexibility index (Phi) is 31.0. The van der Waals surface area contributed by atoms with Crippen molar-refractivity contribution in [3.8, 4) is 51.2 Å². The number of carbonyl (C=O) groups excluding carboxylic acids is 10. The Morgan fingerprint density at radius 2 is 0.850 bits per heavy atom. The molecule has 0 aromatic heterocycles. The van der Waals surface area contributed by atoms with Gasteiger partial charge in [-0.3, -0.25) is 77.1 Å². The predicted octanol–water partition coefficient (Wildman–Crippen LogP) is 3.23. The van der Waals surface area contributed by atoms with Gasteiger partial charge in [0.1, 0.15) is 40.1 Å². The van der Waals surface area contributed by atoms with Crippen LogP contribution in [0, 0.1) is 6.92 Å². The Morgan fingerprint density at radius 1 is 0.425 bits per heavy atom. The molecule has 0 radical (unpaired) electrons. The Bertz CT molecular complexity index is 5050. The summed E-state index contributed by atoms with van der Waals surface area (Å²) in [6.45, 7) is 4.06. The van der Waals surface area contributed by atoms with Crippen molar-refractivity contribution in [2.24, 2.45) is 0 Å². The van der Waals surface area contributed by atoms with E-state index in [2.05, 4.69) is 53.2 Å². The lowest BCUT2D eigenvalue weighted by atomic mass is 9.90. The SMILES string of the molecule is Cc1cc(C(=O)NCCN(CCCC(=O)O)CCC(=O)NCCCCC2CN3CCNC(=O)c4cccc(c4O)C(=O)NCCN(CCNC(=O)c4cccc(c4O)C(=O)N2)CCN2CCNC(=O)c4cccc(c4O)C(=O)NCCN(CCNC(=O)c4cccc(c4O)C(=O)NCC2)CC3)ccc1-c1c2ccc(=O)cc-2oc2cc(O)ccc12. The fourth-order valence-corrected chi connectivity index (χ4v) is 14.8. The maximum Gasteiger partial charge on any atom is 0.303 e. The molecule has 0 saturated heterocycles. The first-order valence-electron chi connectivity index (χ1n) is 40.1. The number of carboxylic acid groups (broad SMARTS) is 1. The van der Waals surface area contributed by atoms with Crippen LogP contribution in [0.15, 0.2) is 137 Å². The molecule has 6 aromatic rings. The maximum atomic E-state index is 14.8.